The Labute approximate surface area is 150 Å². The minimum atomic E-state index is 0.101. The van der Waals surface area contributed by atoms with Crippen LogP contribution in [0.1, 0.15) is 25.8 Å². The maximum absolute atomic E-state index is 12.6. The van der Waals surface area contributed by atoms with Crippen LogP contribution in [0.4, 0.5) is 0 Å². The average molecular weight is 343 g/mol. The van der Waals surface area contributed by atoms with Crippen molar-refractivity contribution < 1.29 is 9.59 Å². The molecular formula is C20H29N3O2. The minimum absolute atomic E-state index is 0.101. The molecule has 5 nitrogen and oxygen atoms in total. The molecule has 0 N–H and O–H groups in total. The number of piperazine rings is 1. The summed E-state index contributed by atoms with van der Waals surface area (Å²) < 4.78 is 0. The summed E-state index contributed by atoms with van der Waals surface area (Å²) in [5.41, 5.74) is 1.38. The van der Waals surface area contributed by atoms with Crippen molar-refractivity contribution in [2.45, 2.75) is 32.7 Å². The number of amides is 2. The molecule has 2 amide bonds. The first kappa shape index (κ1) is 17.9. The molecule has 2 saturated heterocycles. The predicted octanol–water partition coefficient (Wildman–Crippen LogP) is 1.63. The topological polar surface area (TPSA) is 43.9 Å². The van der Waals surface area contributed by atoms with Crippen LogP contribution in [0.2, 0.25) is 0 Å². The largest absolute Gasteiger partial charge is 0.339 e. The molecule has 2 aliphatic heterocycles. The third-order valence-electron chi connectivity index (χ3n) is 5.80. The number of nitrogens with zero attached hydrogens (tertiary/aromatic N) is 3. The number of benzene rings is 1. The first-order valence-corrected chi connectivity index (χ1v) is 9.36. The summed E-state index contributed by atoms with van der Waals surface area (Å²) in [7, 11) is 0. The second-order valence-corrected chi connectivity index (χ2v) is 7.34. The van der Waals surface area contributed by atoms with E-state index in [0.717, 1.165) is 19.4 Å². The van der Waals surface area contributed by atoms with E-state index in [2.05, 4.69) is 42.2 Å². The quantitative estimate of drug-likeness (QED) is 0.835. The molecule has 2 atom stereocenters. The van der Waals surface area contributed by atoms with Gasteiger partial charge in [0, 0.05) is 39.1 Å². The van der Waals surface area contributed by atoms with Gasteiger partial charge in [-0.1, -0.05) is 30.3 Å². The van der Waals surface area contributed by atoms with Crippen LogP contribution in [0.15, 0.2) is 30.3 Å². The van der Waals surface area contributed by atoms with Crippen molar-refractivity contribution >= 4 is 11.8 Å². The molecular weight excluding hydrogens is 314 g/mol. The molecule has 0 unspecified atom stereocenters. The van der Waals surface area contributed by atoms with E-state index in [-0.39, 0.29) is 11.8 Å². The predicted molar refractivity (Wildman–Crippen MR) is 98.1 cm³/mol. The van der Waals surface area contributed by atoms with Gasteiger partial charge in [0.05, 0.1) is 6.54 Å². The van der Waals surface area contributed by atoms with Crippen molar-refractivity contribution in [3.05, 3.63) is 35.9 Å². The highest BCUT2D eigenvalue weighted by Gasteiger charge is 2.33. The number of rotatable bonds is 4. The van der Waals surface area contributed by atoms with E-state index in [1.807, 2.05) is 9.80 Å². The fraction of sp³-hybridized carbons (Fsp3) is 0.600. The Morgan fingerprint density at radius 3 is 2.28 bits per heavy atom. The first-order valence-electron chi connectivity index (χ1n) is 9.36. The van der Waals surface area contributed by atoms with Crippen molar-refractivity contribution in [3.63, 3.8) is 0 Å². The molecule has 3 rings (SSSR count). The number of hydrogen-bond acceptors (Lipinski definition) is 3. The van der Waals surface area contributed by atoms with Gasteiger partial charge < -0.3 is 9.80 Å². The van der Waals surface area contributed by atoms with E-state index < -0.39 is 0 Å². The van der Waals surface area contributed by atoms with Gasteiger partial charge in [-0.25, -0.2) is 0 Å². The first-order chi connectivity index (χ1) is 12.0. The van der Waals surface area contributed by atoms with Crippen LogP contribution in [0.25, 0.3) is 0 Å². The average Bonchev–Trinajstić information content (AvgIpc) is 2.96. The minimum Gasteiger partial charge on any atom is -0.339 e. The second kappa shape index (κ2) is 8.00. The molecule has 0 bridgehead atoms. The number of carbonyl (C=O) groups is 2. The van der Waals surface area contributed by atoms with Gasteiger partial charge in [-0.15, -0.1) is 0 Å². The van der Waals surface area contributed by atoms with Crippen molar-refractivity contribution in [3.8, 4) is 0 Å². The monoisotopic (exact) mass is 343 g/mol. The van der Waals surface area contributed by atoms with Crippen molar-refractivity contribution in [2.24, 2.45) is 5.92 Å². The molecule has 0 spiro atoms. The molecule has 2 fully saturated rings. The summed E-state index contributed by atoms with van der Waals surface area (Å²) in [6, 6.07) is 11.1. The van der Waals surface area contributed by atoms with Gasteiger partial charge in [-0.05, 0) is 37.8 Å². The summed E-state index contributed by atoms with van der Waals surface area (Å²) in [6.45, 7) is 7.99. The van der Waals surface area contributed by atoms with Gasteiger partial charge >= 0.3 is 0 Å². The van der Waals surface area contributed by atoms with Gasteiger partial charge in [0.25, 0.3) is 0 Å². The number of likely N-dealkylation sites (tertiary alicyclic amines) is 1. The molecule has 2 heterocycles. The Morgan fingerprint density at radius 2 is 1.64 bits per heavy atom. The maximum Gasteiger partial charge on any atom is 0.236 e. The fourth-order valence-corrected chi connectivity index (χ4v) is 4.03. The Balaban J connectivity index is 1.48. The van der Waals surface area contributed by atoms with Crippen LogP contribution < -0.4 is 0 Å². The summed E-state index contributed by atoms with van der Waals surface area (Å²) >= 11 is 0. The van der Waals surface area contributed by atoms with Crippen LogP contribution in [-0.4, -0.2) is 71.8 Å². The number of carbonyl (C=O) groups excluding carboxylic acids is 2. The third-order valence-corrected chi connectivity index (χ3v) is 5.80. The summed E-state index contributed by atoms with van der Waals surface area (Å²) in [5, 5.41) is 0. The molecule has 0 radical (unpaired) electrons. The molecule has 5 heteroatoms. The smallest absolute Gasteiger partial charge is 0.236 e. The highest BCUT2D eigenvalue weighted by atomic mass is 16.2. The Morgan fingerprint density at radius 1 is 1.00 bits per heavy atom. The molecule has 0 aromatic heterocycles. The zero-order valence-electron chi connectivity index (χ0n) is 15.4. The summed E-state index contributed by atoms with van der Waals surface area (Å²) in [4.78, 5) is 30.1. The van der Waals surface area contributed by atoms with Crippen molar-refractivity contribution in [2.75, 3.05) is 39.3 Å². The Hall–Kier alpha value is -1.88. The summed E-state index contributed by atoms with van der Waals surface area (Å²) in [6.07, 6.45) is 2.24. The highest BCUT2D eigenvalue weighted by molar-refractivity contribution is 5.79. The highest BCUT2D eigenvalue weighted by Crippen LogP contribution is 2.27. The van der Waals surface area contributed by atoms with Crippen molar-refractivity contribution in [1.82, 2.24) is 14.7 Å². The molecule has 1 aromatic carbocycles. The Bertz CT molecular complexity index is 596. The maximum atomic E-state index is 12.6. The van der Waals surface area contributed by atoms with Gasteiger partial charge in [0.2, 0.25) is 11.8 Å². The summed E-state index contributed by atoms with van der Waals surface area (Å²) in [5.74, 6) is 0.921. The standard InChI is InChI=1S/C20H29N3O2/c1-16-19(14-18-6-4-3-5-7-18)8-9-23(16)15-20(25)22-12-10-21(11-13-22)17(2)24/h3-7,16,19H,8-15H2,1-2H3/t16-,19-/m0/s1. The van der Waals surface area contributed by atoms with E-state index >= 15 is 0 Å². The van der Waals surface area contributed by atoms with Crippen LogP contribution >= 0.6 is 0 Å². The lowest BCUT2D eigenvalue weighted by atomic mass is 9.93. The van der Waals surface area contributed by atoms with Gasteiger partial charge in [-0.2, -0.15) is 0 Å². The van der Waals surface area contributed by atoms with E-state index in [1.165, 1.54) is 5.56 Å². The fourth-order valence-electron chi connectivity index (χ4n) is 4.03. The molecule has 0 saturated carbocycles. The zero-order valence-corrected chi connectivity index (χ0v) is 15.4. The molecule has 2 aliphatic rings. The lowest BCUT2D eigenvalue weighted by Crippen LogP contribution is -2.52. The van der Waals surface area contributed by atoms with Gasteiger partial charge in [0.15, 0.2) is 0 Å². The number of hydrogen-bond donors (Lipinski definition) is 0. The molecule has 1 aromatic rings. The normalized spacial score (nSPS) is 24.6. The van der Waals surface area contributed by atoms with Crippen LogP contribution in [0.5, 0.6) is 0 Å². The third kappa shape index (κ3) is 4.40. The van der Waals surface area contributed by atoms with E-state index in [4.69, 9.17) is 0 Å². The second-order valence-electron chi connectivity index (χ2n) is 7.34. The van der Waals surface area contributed by atoms with Crippen LogP contribution in [-0.2, 0) is 16.0 Å². The van der Waals surface area contributed by atoms with Crippen LogP contribution in [0.3, 0.4) is 0 Å². The lowest BCUT2D eigenvalue weighted by Gasteiger charge is -2.35. The molecule has 0 aliphatic carbocycles. The molecule has 25 heavy (non-hydrogen) atoms. The van der Waals surface area contributed by atoms with Gasteiger partial charge in [-0.3, -0.25) is 14.5 Å². The van der Waals surface area contributed by atoms with Gasteiger partial charge in [0.1, 0.15) is 0 Å². The lowest BCUT2D eigenvalue weighted by molar-refractivity contribution is -0.139. The zero-order chi connectivity index (χ0) is 17.8. The Kier molecular flexibility index (Phi) is 5.74. The van der Waals surface area contributed by atoms with E-state index in [9.17, 15) is 9.59 Å². The SMILES string of the molecule is CC(=O)N1CCN(C(=O)CN2CC[C@@H](Cc3ccccc3)[C@@H]2C)CC1. The van der Waals surface area contributed by atoms with Crippen LogP contribution in [0, 0.1) is 5.92 Å². The van der Waals surface area contributed by atoms with E-state index in [1.54, 1.807) is 6.92 Å². The molecule has 136 valence electrons. The van der Waals surface area contributed by atoms with Crippen molar-refractivity contribution in [1.29, 1.82) is 0 Å². The van der Waals surface area contributed by atoms with E-state index in [0.29, 0.717) is 44.7 Å².